The summed E-state index contributed by atoms with van der Waals surface area (Å²) < 4.78 is 10.7. The van der Waals surface area contributed by atoms with Crippen LogP contribution in [0.1, 0.15) is 16.2 Å². The van der Waals surface area contributed by atoms with Gasteiger partial charge in [0, 0.05) is 11.1 Å². The summed E-state index contributed by atoms with van der Waals surface area (Å²) in [6.07, 6.45) is 0.759. The highest BCUT2D eigenvalue weighted by Gasteiger charge is 2.11. The summed E-state index contributed by atoms with van der Waals surface area (Å²) in [7, 11) is 0. The van der Waals surface area contributed by atoms with Crippen LogP contribution >= 0.6 is 11.6 Å². The van der Waals surface area contributed by atoms with Crippen LogP contribution in [0.25, 0.3) is 11.4 Å². The number of ether oxygens (including phenoxy) is 1. The van der Waals surface area contributed by atoms with Crippen LogP contribution in [0.2, 0.25) is 5.02 Å². The normalized spacial score (nSPS) is 10.4. The highest BCUT2D eigenvalue weighted by atomic mass is 35.5. The molecule has 0 saturated carbocycles. The van der Waals surface area contributed by atoms with Crippen molar-refractivity contribution in [2.24, 2.45) is 0 Å². The number of aromatic nitrogens is 2. The Bertz CT molecular complexity index is 801. The molecule has 6 heteroatoms. The van der Waals surface area contributed by atoms with Gasteiger partial charge in [-0.2, -0.15) is 4.98 Å². The fourth-order valence-corrected chi connectivity index (χ4v) is 2.11. The van der Waals surface area contributed by atoms with Crippen molar-refractivity contribution in [3.8, 4) is 17.1 Å². The Labute approximate surface area is 131 Å². The highest BCUT2D eigenvalue weighted by molar-refractivity contribution is 6.33. The van der Waals surface area contributed by atoms with Crippen LogP contribution in [0.4, 0.5) is 0 Å². The predicted molar refractivity (Wildman–Crippen MR) is 80.9 cm³/mol. The van der Waals surface area contributed by atoms with Crippen LogP contribution in [0.3, 0.4) is 0 Å². The van der Waals surface area contributed by atoms with E-state index >= 15 is 0 Å². The Morgan fingerprint density at radius 2 is 2.05 bits per heavy atom. The Hall–Kier alpha value is -2.66. The third kappa shape index (κ3) is 3.15. The lowest BCUT2D eigenvalue weighted by Crippen LogP contribution is -1.96. The van der Waals surface area contributed by atoms with Gasteiger partial charge in [-0.1, -0.05) is 41.0 Å². The van der Waals surface area contributed by atoms with Crippen molar-refractivity contribution in [3.05, 3.63) is 65.0 Å². The van der Waals surface area contributed by atoms with Gasteiger partial charge < -0.3 is 9.26 Å². The third-order valence-electron chi connectivity index (χ3n) is 2.94. The number of hydrogen-bond donors (Lipinski definition) is 0. The highest BCUT2D eigenvalue weighted by Crippen LogP contribution is 2.25. The Morgan fingerprint density at radius 3 is 2.86 bits per heavy atom. The molecule has 0 fully saturated rings. The second kappa shape index (κ2) is 6.41. The summed E-state index contributed by atoms with van der Waals surface area (Å²) in [5.74, 6) is 1.29. The second-order valence-electron chi connectivity index (χ2n) is 4.47. The molecule has 2 aromatic carbocycles. The molecule has 3 rings (SSSR count). The van der Waals surface area contributed by atoms with Crippen LogP contribution in [0, 0.1) is 0 Å². The molecule has 5 nitrogen and oxygen atoms in total. The number of benzene rings is 2. The lowest BCUT2D eigenvalue weighted by molar-refractivity contribution is 0.112. The van der Waals surface area contributed by atoms with E-state index in [1.165, 1.54) is 0 Å². The van der Waals surface area contributed by atoms with Crippen molar-refractivity contribution >= 4 is 17.9 Å². The summed E-state index contributed by atoms with van der Waals surface area (Å²) in [5, 5.41) is 4.44. The minimum Gasteiger partial charge on any atom is -0.484 e. The third-order valence-corrected chi connectivity index (χ3v) is 3.27. The fraction of sp³-hybridized carbons (Fsp3) is 0.0625. The molecule has 0 aliphatic carbocycles. The van der Waals surface area contributed by atoms with Crippen LogP contribution in [0.5, 0.6) is 5.75 Å². The van der Waals surface area contributed by atoms with E-state index in [0.717, 1.165) is 6.29 Å². The van der Waals surface area contributed by atoms with E-state index in [2.05, 4.69) is 10.1 Å². The molecule has 0 aliphatic rings. The standard InChI is InChI=1S/C16H11ClN2O3/c17-14-7-2-1-6-13(14)16-18-15(22-19-16)10-21-12-5-3-4-11(8-12)9-20/h1-9H,10H2. The molecule has 110 valence electrons. The van der Waals surface area contributed by atoms with Gasteiger partial charge in [-0.15, -0.1) is 0 Å². The summed E-state index contributed by atoms with van der Waals surface area (Å²) in [4.78, 5) is 15.0. The van der Waals surface area contributed by atoms with E-state index in [4.69, 9.17) is 20.9 Å². The van der Waals surface area contributed by atoms with E-state index in [1.807, 2.05) is 18.2 Å². The largest absolute Gasteiger partial charge is 0.484 e. The monoisotopic (exact) mass is 314 g/mol. The van der Waals surface area contributed by atoms with Crippen LogP contribution < -0.4 is 4.74 Å². The second-order valence-corrected chi connectivity index (χ2v) is 4.88. The molecular weight excluding hydrogens is 304 g/mol. The van der Waals surface area contributed by atoms with E-state index in [1.54, 1.807) is 30.3 Å². The molecule has 0 aliphatic heterocycles. The van der Waals surface area contributed by atoms with Crippen molar-refractivity contribution < 1.29 is 14.1 Å². The average molecular weight is 315 g/mol. The molecule has 0 N–H and O–H groups in total. The van der Waals surface area contributed by atoms with Crippen molar-refractivity contribution in [3.63, 3.8) is 0 Å². The first-order valence-electron chi connectivity index (χ1n) is 6.52. The Balaban J connectivity index is 1.72. The zero-order chi connectivity index (χ0) is 15.4. The summed E-state index contributed by atoms with van der Waals surface area (Å²) >= 11 is 6.09. The molecule has 1 aromatic heterocycles. The molecule has 0 unspecified atom stereocenters. The molecule has 0 spiro atoms. The van der Waals surface area contributed by atoms with Gasteiger partial charge in [-0.05, 0) is 24.3 Å². The summed E-state index contributed by atoms with van der Waals surface area (Å²) in [6.45, 7) is 0.111. The first kappa shape index (κ1) is 14.3. The van der Waals surface area contributed by atoms with Crippen LogP contribution in [-0.4, -0.2) is 16.4 Å². The number of hydrogen-bond acceptors (Lipinski definition) is 5. The topological polar surface area (TPSA) is 65.2 Å². The molecule has 0 amide bonds. The molecule has 0 radical (unpaired) electrons. The van der Waals surface area contributed by atoms with Gasteiger partial charge in [0.25, 0.3) is 5.89 Å². The molecule has 1 heterocycles. The minimum absolute atomic E-state index is 0.111. The van der Waals surface area contributed by atoms with Gasteiger partial charge in [-0.25, -0.2) is 0 Å². The SMILES string of the molecule is O=Cc1cccc(OCc2nc(-c3ccccc3Cl)no2)c1. The maximum atomic E-state index is 10.7. The first-order chi connectivity index (χ1) is 10.8. The van der Waals surface area contributed by atoms with Crippen molar-refractivity contribution in [1.29, 1.82) is 0 Å². The van der Waals surface area contributed by atoms with Crippen molar-refractivity contribution in [2.45, 2.75) is 6.61 Å². The summed E-state index contributed by atoms with van der Waals surface area (Å²) in [6, 6.07) is 14.1. The average Bonchev–Trinajstić information content (AvgIpc) is 3.02. The van der Waals surface area contributed by atoms with E-state index in [0.29, 0.717) is 33.6 Å². The van der Waals surface area contributed by atoms with E-state index in [-0.39, 0.29) is 6.61 Å². The lowest BCUT2D eigenvalue weighted by atomic mass is 10.2. The molecular formula is C16H11ClN2O3. The van der Waals surface area contributed by atoms with Gasteiger partial charge in [0.1, 0.15) is 12.0 Å². The number of carbonyl (C=O) groups excluding carboxylic acids is 1. The number of rotatable bonds is 5. The van der Waals surface area contributed by atoms with Crippen molar-refractivity contribution in [1.82, 2.24) is 10.1 Å². The first-order valence-corrected chi connectivity index (χ1v) is 6.89. The molecule has 0 saturated heterocycles. The molecule has 3 aromatic rings. The number of halogens is 1. The summed E-state index contributed by atoms with van der Waals surface area (Å²) in [5.41, 5.74) is 1.24. The number of carbonyl (C=O) groups is 1. The molecule has 0 bridgehead atoms. The minimum atomic E-state index is 0.111. The zero-order valence-corrected chi connectivity index (χ0v) is 12.2. The van der Waals surface area contributed by atoms with E-state index in [9.17, 15) is 4.79 Å². The molecule has 0 atom stereocenters. The maximum Gasteiger partial charge on any atom is 0.264 e. The lowest BCUT2D eigenvalue weighted by Gasteiger charge is -2.02. The van der Waals surface area contributed by atoms with Gasteiger partial charge >= 0.3 is 0 Å². The predicted octanol–water partition coefficient (Wildman–Crippen LogP) is 3.78. The maximum absolute atomic E-state index is 10.7. The van der Waals surface area contributed by atoms with E-state index < -0.39 is 0 Å². The Morgan fingerprint density at radius 1 is 1.18 bits per heavy atom. The zero-order valence-electron chi connectivity index (χ0n) is 11.4. The smallest absolute Gasteiger partial charge is 0.264 e. The number of nitrogens with zero attached hydrogens (tertiary/aromatic N) is 2. The quantitative estimate of drug-likeness (QED) is 0.670. The van der Waals surface area contributed by atoms with Crippen LogP contribution in [-0.2, 0) is 6.61 Å². The number of aldehydes is 1. The fourth-order valence-electron chi connectivity index (χ4n) is 1.89. The van der Waals surface area contributed by atoms with Gasteiger partial charge in [-0.3, -0.25) is 4.79 Å². The Kier molecular flexibility index (Phi) is 4.16. The van der Waals surface area contributed by atoms with Crippen LogP contribution in [0.15, 0.2) is 53.1 Å². The van der Waals surface area contributed by atoms with Gasteiger partial charge in [0.05, 0.1) is 5.02 Å². The van der Waals surface area contributed by atoms with Gasteiger partial charge in [0.2, 0.25) is 5.82 Å². The van der Waals surface area contributed by atoms with Crippen molar-refractivity contribution in [2.75, 3.05) is 0 Å². The molecule has 22 heavy (non-hydrogen) atoms. The van der Waals surface area contributed by atoms with Gasteiger partial charge in [0.15, 0.2) is 6.61 Å².